The summed E-state index contributed by atoms with van der Waals surface area (Å²) in [5, 5.41) is 16.7. The number of carbonyl (C=O) groups is 2. The van der Waals surface area contributed by atoms with Gasteiger partial charge in [-0.2, -0.15) is 4.31 Å². The highest BCUT2D eigenvalue weighted by Crippen LogP contribution is 2.30. The Kier molecular flexibility index (Phi) is 8.44. The molecule has 3 atom stereocenters. The minimum atomic E-state index is -3.88. The summed E-state index contributed by atoms with van der Waals surface area (Å²) in [6.45, 7) is 7.18. The lowest BCUT2D eigenvalue weighted by atomic mass is 9.80. The number of aliphatic hydroxyl groups is 1. The van der Waals surface area contributed by atoms with Crippen LogP contribution in [0.1, 0.15) is 66.2 Å². The number of amides is 2. The molecule has 1 aromatic rings. The molecule has 0 bridgehead atoms. The molecule has 0 aromatic carbocycles. The number of alkyl carbamates (subject to hydrolysis) is 1. The number of pyridine rings is 1. The van der Waals surface area contributed by atoms with Gasteiger partial charge in [-0.1, -0.05) is 32.3 Å². The number of nitrogens with zero attached hydrogens (tertiary/aromatic N) is 2. The van der Waals surface area contributed by atoms with Gasteiger partial charge in [0.25, 0.3) is 10.0 Å². The molecular weight excluding hydrogens is 472 g/mol. The van der Waals surface area contributed by atoms with E-state index in [0.29, 0.717) is 19.3 Å². The fourth-order valence-corrected chi connectivity index (χ4v) is 6.17. The van der Waals surface area contributed by atoms with E-state index in [0.717, 1.165) is 19.3 Å². The number of ether oxygens (including phenoxy) is 1. The second-order valence-corrected chi connectivity index (χ2v) is 12.5. The van der Waals surface area contributed by atoms with Crippen molar-refractivity contribution in [2.75, 3.05) is 13.1 Å². The summed E-state index contributed by atoms with van der Waals surface area (Å²) in [5.41, 5.74) is -1.84. The predicted molar refractivity (Wildman–Crippen MR) is 130 cm³/mol. The molecule has 0 spiro atoms. The first kappa shape index (κ1) is 27.3. The molecule has 2 aliphatic rings. The van der Waals surface area contributed by atoms with Crippen molar-refractivity contribution in [1.29, 1.82) is 0 Å². The third-order valence-corrected chi connectivity index (χ3v) is 8.46. The molecule has 196 valence electrons. The smallest absolute Gasteiger partial charge is 0.408 e. The van der Waals surface area contributed by atoms with Crippen LogP contribution in [-0.4, -0.2) is 71.2 Å². The van der Waals surface area contributed by atoms with Gasteiger partial charge in [0.15, 0.2) is 5.03 Å². The van der Waals surface area contributed by atoms with Gasteiger partial charge in [0, 0.05) is 19.3 Å². The monoisotopic (exact) mass is 510 g/mol. The minimum Gasteiger partial charge on any atom is -0.444 e. The highest BCUT2D eigenvalue weighted by atomic mass is 32.2. The zero-order valence-electron chi connectivity index (χ0n) is 21.0. The predicted octanol–water partition coefficient (Wildman–Crippen LogP) is 2.19. The first-order valence-corrected chi connectivity index (χ1v) is 13.7. The van der Waals surface area contributed by atoms with Crippen molar-refractivity contribution >= 4 is 22.0 Å². The number of β-amino-alcohol motifs (C(OH)–C–C–N with tert-alkyl or cyclic N) is 1. The average Bonchev–Trinajstić information content (AvgIpc) is 2.92. The van der Waals surface area contributed by atoms with E-state index in [-0.39, 0.29) is 29.9 Å². The molecule has 10 nitrogen and oxygen atoms in total. The molecule has 3 unspecified atom stereocenters. The molecule has 11 heteroatoms. The maximum atomic E-state index is 13.6. The summed E-state index contributed by atoms with van der Waals surface area (Å²) < 4.78 is 32.7. The Hall–Kier alpha value is -2.24. The molecule has 2 amide bonds. The van der Waals surface area contributed by atoms with Gasteiger partial charge < -0.3 is 20.5 Å². The zero-order chi connectivity index (χ0) is 25.9. The van der Waals surface area contributed by atoms with Crippen molar-refractivity contribution in [3.05, 3.63) is 24.4 Å². The van der Waals surface area contributed by atoms with Crippen LogP contribution in [0.2, 0.25) is 0 Å². The van der Waals surface area contributed by atoms with Crippen LogP contribution >= 0.6 is 0 Å². The summed E-state index contributed by atoms with van der Waals surface area (Å²) in [6.07, 6.45) is 3.53. The van der Waals surface area contributed by atoms with E-state index < -0.39 is 39.4 Å². The Bertz CT molecular complexity index is 989. The Morgan fingerprint density at radius 1 is 1.20 bits per heavy atom. The van der Waals surface area contributed by atoms with Gasteiger partial charge in [0.1, 0.15) is 11.1 Å². The van der Waals surface area contributed by atoms with E-state index in [1.807, 2.05) is 6.92 Å². The van der Waals surface area contributed by atoms with Gasteiger partial charge in [-0.15, -0.1) is 0 Å². The molecule has 0 radical (unpaired) electrons. The van der Waals surface area contributed by atoms with Crippen molar-refractivity contribution in [3.8, 4) is 0 Å². The van der Waals surface area contributed by atoms with Crippen LogP contribution in [-0.2, 0) is 19.6 Å². The third-order valence-electron chi connectivity index (χ3n) is 6.67. The van der Waals surface area contributed by atoms with Crippen LogP contribution < -0.4 is 10.6 Å². The fourth-order valence-electron chi connectivity index (χ4n) is 4.76. The Morgan fingerprint density at radius 2 is 1.89 bits per heavy atom. The summed E-state index contributed by atoms with van der Waals surface area (Å²) in [7, 11) is -3.88. The second kappa shape index (κ2) is 10.8. The largest absolute Gasteiger partial charge is 0.444 e. The number of hydrogen-bond donors (Lipinski definition) is 3. The summed E-state index contributed by atoms with van der Waals surface area (Å²) in [6, 6.07) is 3.98. The zero-order valence-corrected chi connectivity index (χ0v) is 21.8. The first-order chi connectivity index (χ1) is 16.3. The molecule has 2 fully saturated rings. The first-order valence-electron chi connectivity index (χ1n) is 12.3. The van der Waals surface area contributed by atoms with Crippen molar-refractivity contribution in [3.63, 3.8) is 0 Å². The molecular formula is C24H38N4O6S. The maximum absolute atomic E-state index is 13.6. The number of carbonyl (C=O) groups excluding carboxylic acids is 2. The average molecular weight is 511 g/mol. The molecule has 1 aliphatic carbocycles. The highest BCUT2D eigenvalue weighted by Gasteiger charge is 2.45. The molecule has 2 heterocycles. The van der Waals surface area contributed by atoms with Gasteiger partial charge in [-0.25, -0.2) is 18.2 Å². The molecule has 3 N–H and O–H groups in total. The van der Waals surface area contributed by atoms with E-state index in [1.165, 1.54) is 16.6 Å². The second-order valence-electron chi connectivity index (χ2n) is 10.6. The van der Waals surface area contributed by atoms with E-state index >= 15 is 0 Å². The standard InChI is InChI=1S/C24H38N4O6S/c1-17-11-15-28(35(32,33)19-10-6-9-14-25-19)16-18(29)20(17)26-21(30)24(12-7-5-8-13-24)27-22(31)34-23(2,3)4/h6,9-10,14,17-18,20,29H,5,7-8,11-13,15-16H2,1-4H3,(H,26,30)(H,27,31). The number of rotatable bonds is 5. The lowest BCUT2D eigenvalue weighted by Crippen LogP contribution is -2.63. The molecule has 3 rings (SSSR count). The molecule has 1 saturated heterocycles. The van der Waals surface area contributed by atoms with E-state index in [1.54, 1.807) is 32.9 Å². The summed E-state index contributed by atoms with van der Waals surface area (Å²) in [5.74, 6) is -0.569. The molecule has 1 saturated carbocycles. The van der Waals surface area contributed by atoms with Crippen LogP contribution in [0, 0.1) is 5.92 Å². The van der Waals surface area contributed by atoms with Crippen LogP contribution in [0.15, 0.2) is 29.4 Å². The number of sulfonamides is 1. The van der Waals surface area contributed by atoms with Crippen molar-refractivity contribution in [1.82, 2.24) is 19.9 Å². The number of hydrogen-bond acceptors (Lipinski definition) is 7. The van der Waals surface area contributed by atoms with E-state index in [4.69, 9.17) is 4.74 Å². The molecule has 1 aliphatic heterocycles. The van der Waals surface area contributed by atoms with Gasteiger partial charge in [-0.05, 0) is 58.1 Å². The SMILES string of the molecule is CC1CCN(S(=O)(=O)c2ccccn2)CC(O)C1NC(=O)C1(NC(=O)OC(C)(C)C)CCCCC1. The number of aromatic nitrogens is 1. The van der Waals surface area contributed by atoms with Crippen molar-refractivity contribution < 1.29 is 27.9 Å². The fraction of sp³-hybridized carbons (Fsp3) is 0.708. The van der Waals surface area contributed by atoms with Gasteiger partial charge >= 0.3 is 6.09 Å². The summed E-state index contributed by atoms with van der Waals surface area (Å²) in [4.78, 5) is 30.1. The quantitative estimate of drug-likeness (QED) is 0.552. The minimum absolute atomic E-state index is 0.0787. The van der Waals surface area contributed by atoms with Crippen LogP contribution in [0.4, 0.5) is 4.79 Å². The highest BCUT2D eigenvalue weighted by molar-refractivity contribution is 7.89. The number of aliphatic hydroxyl groups excluding tert-OH is 1. The van der Waals surface area contributed by atoms with Gasteiger partial charge in [0.05, 0.1) is 12.1 Å². The topological polar surface area (TPSA) is 138 Å². The Balaban J connectivity index is 1.76. The Morgan fingerprint density at radius 3 is 2.49 bits per heavy atom. The van der Waals surface area contributed by atoms with Crippen molar-refractivity contribution in [2.45, 2.75) is 94.5 Å². The van der Waals surface area contributed by atoms with Crippen LogP contribution in [0.25, 0.3) is 0 Å². The van der Waals surface area contributed by atoms with Crippen LogP contribution in [0.3, 0.4) is 0 Å². The number of nitrogens with one attached hydrogen (secondary N) is 2. The normalized spacial score (nSPS) is 25.8. The van der Waals surface area contributed by atoms with Crippen molar-refractivity contribution in [2.24, 2.45) is 5.92 Å². The van der Waals surface area contributed by atoms with E-state index in [9.17, 15) is 23.1 Å². The lowest BCUT2D eigenvalue weighted by molar-refractivity contribution is -0.131. The molecule has 35 heavy (non-hydrogen) atoms. The third kappa shape index (κ3) is 6.71. The lowest BCUT2D eigenvalue weighted by Gasteiger charge is -2.39. The van der Waals surface area contributed by atoms with E-state index in [2.05, 4.69) is 15.6 Å². The molecule has 1 aromatic heterocycles. The maximum Gasteiger partial charge on any atom is 0.408 e. The van der Waals surface area contributed by atoms with Gasteiger partial charge in [-0.3, -0.25) is 4.79 Å². The summed E-state index contributed by atoms with van der Waals surface area (Å²) >= 11 is 0. The van der Waals surface area contributed by atoms with Crippen LogP contribution in [0.5, 0.6) is 0 Å². The van der Waals surface area contributed by atoms with Gasteiger partial charge in [0.2, 0.25) is 5.91 Å². The Labute approximate surface area is 207 Å².